The van der Waals surface area contributed by atoms with Gasteiger partial charge in [0.15, 0.2) is 0 Å². The first-order valence-electron chi connectivity index (χ1n) is 6.61. The zero-order valence-corrected chi connectivity index (χ0v) is 11.4. The Hall–Kier alpha value is -2.40. The maximum absolute atomic E-state index is 5.86. The van der Waals surface area contributed by atoms with Crippen LogP contribution < -0.4 is 11.1 Å². The van der Waals surface area contributed by atoms with Gasteiger partial charge in [0.1, 0.15) is 17.8 Å². The van der Waals surface area contributed by atoms with Crippen molar-refractivity contribution in [1.29, 1.82) is 0 Å². The largest absolute Gasteiger partial charge is 0.383 e. The number of likely N-dealkylation sites (N-methyl/N-ethyl adjacent to an activating group) is 1. The van der Waals surface area contributed by atoms with Gasteiger partial charge in [-0.25, -0.2) is 9.97 Å². The van der Waals surface area contributed by atoms with Crippen LogP contribution >= 0.6 is 0 Å². The van der Waals surface area contributed by atoms with Crippen molar-refractivity contribution in [3.63, 3.8) is 0 Å². The predicted octanol–water partition coefficient (Wildman–Crippen LogP) is 1.76. The first-order valence-corrected chi connectivity index (χ1v) is 6.61. The van der Waals surface area contributed by atoms with Gasteiger partial charge in [-0.3, -0.25) is 0 Å². The monoisotopic (exact) mass is 267 g/mol. The van der Waals surface area contributed by atoms with E-state index in [4.69, 9.17) is 5.73 Å². The summed E-state index contributed by atoms with van der Waals surface area (Å²) in [6, 6.07) is 10.4. The molecule has 102 valence electrons. The number of hydrogen-bond donors (Lipinski definition) is 2. The van der Waals surface area contributed by atoms with Crippen LogP contribution in [0.25, 0.3) is 16.7 Å². The highest BCUT2D eigenvalue weighted by Crippen LogP contribution is 2.21. The van der Waals surface area contributed by atoms with E-state index in [0.717, 1.165) is 29.7 Å². The minimum Gasteiger partial charge on any atom is -0.383 e. The van der Waals surface area contributed by atoms with Crippen molar-refractivity contribution in [3.8, 4) is 5.69 Å². The third kappa shape index (κ3) is 2.23. The van der Waals surface area contributed by atoms with Gasteiger partial charge >= 0.3 is 0 Å². The van der Waals surface area contributed by atoms with Gasteiger partial charge in [-0.1, -0.05) is 12.1 Å². The van der Waals surface area contributed by atoms with Crippen LogP contribution in [-0.2, 0) is 6.42 Å². The van der Waals surface area contributed by atoms with Crippen LogP contribution in [0, 0.1) is 0 Å². The molecule has 0 bridgehead atoms. The fourth-order valence-corrected chi connectivity index (χ4v) is 2.27. The molecule has 20 heavy (non-hydrogen) atoms. The van der Waals surface area contributed by atoms with Crippen LogP contribution in [0.4, 0.5) is 5.82 Å². The summed E-state index contributed by atoms with van der Waals surface area (Å²) < 4.78 is 2.02. The second-order valence-electron chi connectivity index (χ2n) is 4.70. The van der Waals surface area contributed by atoms with Crippen molar-refractivity contribution < 1.29 is 0 Å². The number of rotatable bonds is 4. The summed E-state index contributed by atoms with van der Waals surface area (Å²) in [4.78, 5) is 8.32. The third-order valence-corrected chi connectivity index (χ3v) is 3.39. The number of hydrogen-bond acceptors (Lipinski definition) is 4. The van der Waals surface area contributed by atoms with Crippen molar-refractivity contribution in [2.24, 2.45) is 0 Å². The molecule has 0 unspecified atom stereocenters. The lowest BCUT2D eigenvalue weighted by Gasteiger charge is -2.06. The average Bonchev–Trinajstić information content (AvgIpc) is 2.91. The summed E-state index contributed by atoms with van der Waals surface area (Å²) in [5.74, 6) is 0.513. The summed E-state index contributed by atoms with van der Waals surface area (Å²) in [6.07, 6.45) is 4.49. The minimum absolute atomic E-state index is 0.513. The van der Waals surface area contributed by atoms with Crippen molar-refractivity contribution in [2.45, 2.75) is 6.42 Å². The van der Waals surface area contributed by atoms with Crippen LogP contribution in [0.1, 0.15) is 5.56 Å². The number of nitrogen functional groups attached to an aromatic ring is 1. The van der Waals surface area contributed by atoms with E-state index in [0.29, 0.717) is 5.82 Å². The first-order chi connectivity index (χ1) is 9.79. The highest BCUT2D eigenvalue weighted by atomic mass is 15.1. The van der Waals surface area contributed by atoms with E-state index in [-0.39, 0.29) is 0 Å². The van der Waals surface area contributed by atoms with E-state index < -0.39 is 0 Å². The van der Waals surface area contributed by atoms with E-state index in [2.05, 4.69) is 39.6 Å². The molecule has 0 amide bonds. The van der Waals surface area contributed by atoms with Gasteiger partial charge in [-0.15, -0.1) is 0 Å². The molecule has 0 saturated carbocycles. The van der Waals surface area contributed by atoms with Crippen molar-refractivity contribution >= 4 is 16.9 Å². The molecular weight excluding hydrogens is 250 g/mol. The Morgan fingerprint density at radius 1 is 1.15 bits per heavy atom. The lowest BCUT2D eigenvalue weighted by atomic mass is 10.1. The van der Waals surface area contributed by atoms with Gasteiger partial charge in [0.2, 0.25) is 0 Å². The maximum Gasteiger partial charge on any atom is 0.150 e. The molecule has 0 fully saturated rings. The molecule has 0 saturated heterocycles. The number of anilines is 1. The smallest absolute Gasteiger partial charge is 0.150 e. The minimum atomic E-state index is 0.513. The number of nitrogens with zero attached hydrogens (tertiary/aromatic N) is 3. The Bertz CT molecular complexity index is 715. The zero-order chi connectivity index (χ0) is 13.9. The summed E-state index contributed by atoms with van der Waals surface area (Å²) in [7, 11) is 1.96. The second-order valence-corrected chi connectivity index (χ2v) is 4.70. The zero-order valence-electron chi connectivity index (χ0n) is 11.4. The molecule has 5 heteroatoms. The van der Waals surface area contributed by atoms with Gasteiger partial charge in [-0.05, 0) is 43.8 Å². The molecule has 3 rings (SSSR count). The quantitative estimate of drug-likeness (QED) is 0.756. The van der Waals surface area contributed by atoms with Gasteiger partial charge < -0.3 is 15.6 Å². The number of fused-ring (bicyclic) bond motifs is 1. The van der Waals surface area contributed by atoms with E-state index in [9.17, 15) is 0 Å². The first kappa shape index (κ1) is 12.6. The summed E-state index contributed by atoms with van der Waals surface area (Å²) in [6.45, 7) is 0.982. The van der Waals surface area contributed by atoms with Crippen LogP contribution in [0.2, 0.25) is 0 Å². The normalized spacial score (nSPS) is 11.1. The molecular formula is C15H17N5. The van der Waals surface area contributed by atoms with Gasteiger partial charge in [-0.2, -0.15) is 0 Å². The molecule has 1 aromatic carbocycles. The number of nitrogens with two attached hydrogens (primary N) is 1. The van der Waals surface area contributed by atoms with E-state index in [1.54, 1.807) is 0 Å². The Balaban J connectivity index is 1.97. The number of aromatic nitrogens is 3. The van der Waals surface area contributed by atoms with Crippen molar-refractivity contribution in [1.82, 2.24) is 19.9 Å². The van der Waals surface area contributed by atoms with Crippen molar-refractivity contribution in [2.75, 3.05) is 19.3 Å². The second kappa shape index (κ2) is 5.30. The van der Waals surface area contributed by atoms with Crippen LogP contribution in [-0.4, -0.2) is 28.1 Å². The highest BCUT2D eigenvalue weighted by molar-refractivity contribution is 5.87. The molecule has 2 heterocycles. The van der Waals surface area contributed by atoms with Crippen LogP contribution in [0.15, 0.2) is 42.9 Å². The Morgan fingerprint density at radius 3 is 2.70 bits per heavy atom. The van der Waals surface area contributed by atoms with E-state index in [1.807, 2.05) is 23.9 Å². The molecule has 0 aliphatic rings. The summed E-state index contributed by atoms with van der Waals surface area (Å²) in [5.41, 5.74) is 9.08. The van der Waals surface area contributed by atoms with Gasteiger partial charge in [0, 0.05) is 11.9 Å². The molecule has 0 radical (unpaired) electrons. The SMILES string of the molecule is CNCCc1ccc(-n2ccc3c(N)ncnc32)cc1. The highest BCUT2D eigenvalue weighted by Gasteiger charge is 2.07. The van der Waals surface area contributed by atoms with Crippen molar-refractivity contribution in [3.05, 3.63) is 48.4 Å². The Morgan fingerprint density at radius 2 is 1.95 bits per heavy atom. The van der Waals surface area contributed by atoms with Gasteiger partial charge in [0.25, 0.3) is 0 Å². The standard InChI is InChI=1S/C15H17N5/c1-17-8-6-11-2-4-12(5-3-11)20-9-7-13-14(16)18-10-19-15(13)20/h2-5,7,9-10,17H,6,8H2,1H3,(H2,16,18,19). The lowest BCUT2D eigenvalue weighted by Crippen LogP contribution is -2.10. The number of nitrogens with one attached hydrogen (secondary N) is 1. The molecule has 3 N–H and O–H groups in total. The third-order valence-electron chi connectivity index (χ3n) is 3.39. The fraction of sp³-hybridized carbons (Fsp3) is 0.200. The molecule has 0 spiro atoms. The van der Waals surface area contributed by atoms with E-state index in [1.165, 1.54) is 11.9 Å². The summed E-state index contributed by atoms with van der Waals surface area (Å²) in [5, 5.41) is 4.03. The topological polar surface area (TPSA) is 68.8 Å². The molecule has 2 aromatic heterocycles. The molecule has 3 aromatic rings. The molecule has 0 atom stereocenters. The average molecular weight is 267 g/mol. The van der Waals surface area contributed by atoms with Crippen LogP contribution in [0.3, 0.4) is 0 Å². The molecule has 0 aliphatic carbocycles. The number of benzene rings is 1. The predicted molar refractivity (Wildman–Crippen MR) is 80.9 cm³/mol. The summed E-state index contributed by atoms with van der Waals surface area (Å²) >= 11 is 0. The Kier molecular flexibility index (Phi) is 3.35. The Labute approximate surface area is 117 Å². The molecule has 5 nitrogen and oxygen atoms in total. The maximum atomic E-state index is 5.86. The van der Waals surface area contributed by atoms with Crippen LogP contribution in [0.5, 0.6) is 0 Å². The fourth-order valence-electron chi connectivity index (χ4n) is 2.27. The van der Waals surface area contributed by atoms with E-state index >= 15 is 0 Å². The lowest BCUT2D eigenvalue weighted by molar-refractivity contribution is 0.791. The molecule has 0 aliphatic heterocycles. The van der Waals surface area contributed by atoms with Gasteiger partial charge in [0.05, 0.1) is 5.39 Å².